The summed E-state index contributed by atoms with van der Waals surface area (Å²) in [5.41, 5.74) is 0.807. The van der Waals surface area contributed by atoms with E-state index in [4.69, 9.17) is 5.26 Å². The lowest BCUT2D eigenvalue weighted by molar-refractivity contribution is -0.137. The molecular formula is C16H9F3N4. The first-order valence-electron chi connectivity index (χ1n) is 6.56. The fraction of sp³-hybridized carbons (Fsp3) is 0.0625. The van der Waals surface area contributed by atoms with Crippen molar-refractivity contribution in [1.82, 2.24) is 9.97 Å². The van der Waals surface area contributed by atoms with Gasteiger partial charge in [0.2, 0.25) is 0 Å². The first-order chi connectivity index (χ1) is 11.0. The van der Waals surface area contributed by atoms with Gasteiger partial charge in [0.25, 0.3) is 0 Å². The van der Waals surface area contributed by atoms with Crippen LogP contribution in [0.5, 0.6) is 0 Å². The lowest BCUT2D eigenvalue weighted by atomic mass is 10.1. The van der Waals surface area contributed by atoms with Crippen LogP contribution >= 0.6 is 0 Å². The maximum absolute atomic E-state index is 12.6. The fourth-order valence-electron chi connectivity index (χ4n) is 2.11. The summed E-state index contributed by atoms with van der Waals surface area (Å²) in [6, 6.07) is 11.6. The van der Waals surface area contributed by atoms with E-state index in [1.807, 2.05) is 6.07 Å². The minimum Gasteiger partial charge on any atom is -0.340 e. The van der Waals surface area contributed by atoms with Crippen LogP contribution in [0.3, 0.4) is 0 Å². The third kappa shape index (κ3) is 3.06. The molecule has 0 radical (unpaired) electrons. The second kappa shape index (κ2) is 5.57. The highest BCUT2D eigenvalue weighted by molar-refractivity contribution is 5.91. The van der Waals surface area contributed by atoms with Crippen molar-refractivity contribution < 1.29 is 13.2 Å². The number of fused-ring (bicyclic) bond motifs is 1. The van der Waals surface area contributed by atoms with Gasteiger partial charge in [-0.15, -0.1) is 0 Å². The average Bonchev–Trinajstić information content (AvgIpc) is 2.54. The standard InChI is InChI=1S/C16H9F3N4/c17-16(18,19)11-2-4-12(5-3-11)23-15-13-6-1-10(8-20)7-14(13)21-9-22-15/h1-7,9H,(H,21,22,23). The third-order valence-corrected chi connectivity index (χ3v) is 3.24. The lowest BCUT2D eigenvalue weighted by Gasteiger charge is -2.10. The molecule has 0 aliphatic carbocycles. The number of benzene rings is 2. The molecule has 1 heterocycles. The normalized spacial score (nSPS) is 11.2. The predicted molar refractivity (Wildman–Crippen MR) is 79.0 cm³/mol. The Morgan fingerprint density at radius 2 is 1.74 bits per heavy atom. The Labute approximate surface area is 129 Å². The molecule has 0 bridgehead atoms. The smallest absolute Gasteiger partial charge is 0.340 e. The summed E-state index contributed by atoms with van der Waals surface area (Å²) in [7, 11) is 0. The molecular weight excluding hydrogens is 305 g/mol. The van der Waals surface area contributed by atoms with E-state index in [-0.39, 0.29) is 0 Å². The molecule has 0 fully saturated rings. The molecule has 3 aromatic rings. The number of halogens is 3. The third-order valence-electron chi connectivity index (χ3n) is 3.24. The molecule has 0 aliphatic heterocycles. The first kappa shape index (κ1) is 14.8. The first-order valence-corrected chi connectivity index (χ1v) is 6.56. The van der Waals surface area contributed by atoms with Crippen molar-refractivity contribution in [2.75, 3.05) is 5.32 Å². The molecule has 0 aliphatic rings. The Bertz CT molecular complexity index is 896. The number of rotatable bonds is 2. The lowest BCUT2D eigenvalue weighted by Crippen LogP contribution is -2.04. The van der Waals surface area contributed by atoms with Gasteiger partial charge < -0.3 is 5.32 Å². The van der Waals surface area contributed by atoms with E-state index < -0.39 is 11.7 Å². The number of nitrogens with zero attached hydrogens (tertiary/aromatic N) is 3. The molecule has 0 spiro atoms. The van der Waals surface area contributed by atoms with Crippen LogP contribution in [0.2, 0.25) is 0 Å². The van der Waals surface area contributed by atoms with Crippen molar-refractivity contribution in [3.63, 3.8) is 0 Å². The number of hydrogen-bond donors (Lipinski definition) is 1. The van der Waals surface area contributed by atoms with E-state index in [0.717, 1.165) is 12.1 Å². The van der Waals surface area contributed by atoms with E-state index >= 15 is 0 Å². The van der Waals surface area contributed by atoms with E-state index in [2.05, 4.69) is 15.3 Å². The van der Waals surface area contributed by atoms with Gasteiger partial charge in [-0.05, 0) is 42.5 Å². The number of aromatic nitrogens is 2. The second-order valence-electron chi connectivity index (χ2n) is 4.77. The molecule has 114 valence electrons. The number of nitrogens with one attached hydrogen (secondary N) is 1. The number of anilines is 2. The molecule has 0 atom stereocenters. The van der Waals surface area contributed by atoms with Crippen molar-refractivity contribution in [1.29, 1.82) is 5.26 Å². The summed E-state index contributed by atoms with van der Waals surface area (Å²) < 4.78 is 37.7. The molecule has 7 heteroatoms. The van der Waals surface area contributed by atoms with Gasteiger partial charge in [0.1, 0.15) is 12.1 Å². The summed E-state index contributed by atoms with van der Waals surface area (Å²) in [6.07, 6.45) is -3.04. The molecule has 0 amide bonds. The van der Waals surface area contributed by atoms with Crippen LogP contribution in [0.1, 0.15) is 11.1 Å². The van der Waals surface area contributed by atoms with Gasteiger partial charge in [-0.3, -0.25) is 0 Å². The van der Waals surface area contributed by atoms with Crippen molar-refractivity contribution in [2.45, 2.75) is 6.18 Å². The van der Waals surface area contributed by atoms with E-state index in [9.17, 15) is 13.2 Å². The van der Waals surface area contributed by atoms with Crippen LogP contribution in [0.15, 0.2) is 48.8 Å². The van der Waals surface area contributed by atoms with Gasteiger partial charge in [-0.1, -0.05) is 0 Å². The summed E-state index contributed by atoms with van der Waals surface area (Å²) in [4.78, 5) is 8.19. The van der Waals surface area contributed by atoms with Crippen molar-refractivity contribution in [2.24, 2.45) is 0 Å². The SMILES string of the molecule is N#Cc1ccc2c(Nc3ccc(C(F)(F)F)cc3)ncnc2c1. The Morgan fingerprint density at radius 1 is 1.00 bits per heavy atom. The quantitative estimate of drug-likeness (QED) is 0.767. The van der Waals surface area contributed by atoms with Crippen molar-refractivity contribution in [3.05, 3.63) is 59.9 Å². The van der Waals surface area contributed by atoms with E-state index in [1.165, 1.54) is 18.5 Å². The van der Waals surface area contributed by atoms with Gasteiger partial charge in [0.15, 0.2) is 0 Å². The van der Waals surface area contributed by atoms with Crippen LogP contribution in [-0.2, 0) is 6.18 Å². The van der Waals surface area contributed by atoms with Crippen LogP contribution in [0.25, 0.3) is 10.9 Å². The van der Waals surface area contributed by atoms with Crippen LogP contribution in [0.4, 0.5) is 24.7 Å². The van der Waals surface area contributed by atoms with Gasteiger partial charge in [-0.2, -0.15) is 18.4 Å². The summed E-state index contributed by atoms with van der Waals surface area (Å²) in [6.45, 7) is 0. The Kier molecular flexibility index (Phi) is 3.58. The number of nitriles is 1. The summed E-state index contributed by atoms with van der Waals surface area (Å²) in [5.74, 6) is 0.458. The van der Waals surface area contributed by atoms with Gasteiger partial charge in [0.05, 0.1) is 22.7 Å². The maximum Gasteiger partial charge on any atom is 0.416 e. The highest BCUT2D eigenvalue weighted by Gasteiger charge is 2.29. The van der Waals surface area contributed by atoms with Crippen LogP contribution in [0, 0.1) is 11.3 Å². The zero-order chi connectivity index (χ0) is 16.4. The maximum atomic E-state index is 12.6. The Balaban J connectivity index is 1.94. The zero-order valence-corrected chi connectivity index (χ0v) is 11.6. The minimum absolute atomic E-state index is 0.458. The Hall–Kier alpha value is -3.14. The molecule has 1 aromatic heterocycles. The molecule has 3 rings (SSSR count). The van der Waals surface area contributed by atoms with Crippen LogP contribution in [-0.4, -0.2) is 9.97 Å². The van der Waals surface area contributed by atoms with Gasteiger partial charge in [-0.25, -0.2) is 9.97 Å². The Morgan fingerprint density at radius 3 is 2.39 bits per heavy atom. The average molecular weight is 314 g/mol. The molecule has 23 heavy (non-hydrogen) atoms. The summed E-state index contributed by atoms with van der Waals surface area (Å²) in [5, 5.41) is 12.5. The summed E-state index contributed by atoms with van der Waals surface area (Å²) >= 11 is 0. The molecule has 4 nitrogen and oxygen atoms in total. The fourth-order valence-corrected chi connectivity index (χ4v) is 2.11. The van der Waals surface area contributed by atoms with Crippen molar-refractivity contribution >= 4 is 22.4 Å². The number of hydrogen-bond acceptors (Lipinski definition) is 4. The molecule has 0 unspecified atom stereocenters. The monoisotopic (exact) mass is 314 g/mol. The molecule has 1 N–H and O–H groups in total. The topological polar surface area (TPSA) is 61.6 Å². The molecule has 0 saturated carbocycles. The van der Waals surface area contributed by atoms with E-state index in [0.29, 0.717) is 28.0 Å². The highest BCUT2D eigenvalue weighted by atomic mass is 19.4. The molecule has 0 saturated heterocycles. The number of alkyl halides is 3. The molecule has 2 aromatic carbocycles. The van der Waals surface area contributed by atoms with Crippen molar-refractivity contribution in [3.8, 4) is 6.07 Å². The largest absolute Gasteiger partial charge is 0.416 e. The zero-order valence-electron chi connectivity index (χ0n) is 11.6. The van der Waals surface area contributed by atoms with E-state index in [1.54, 1.807) is 18.2 Å². The predicted octanol–water partition coefficient (Wildman–Crippen LogP) is 4.26. The van der Waals surface area contributed by atoms with Gasteiger partial charge >= 0.3 is 6.18 Å². The minimum atomic E-state index is -4.37. The van der Waals surface area contributed by atoms with Gasteiger partial charge in [0, 0.05) is 11.1 Å². The van der Waals surface area contributed by atoms with Crippen LogP contribution < -0.4 is 5.32 Å². The highest BCUT2D eigenvalue weighted by Crippen LogP contribution is 2.31. The second-order valence-corrected chi connectivity index (χ2v) is 4.77.